The zero-order valence-electron chi connectivity index (χ0n) is 8.00. The van der Waals surface area contributed by atoms with Gasteiger partial charge in [0.1, 0.15) is 17.1 Å². The number of aromatic carboxylic acids is 1. The number of benzene rings is 1. The van der Waals surface area contributed by atoms with Crippen molar-refractivity contribution in [1.29, 1.82) is 0 Å². The summed E-state index contributed by atoms with van der Waals surface area (Å²) in [6, 6.07) is 2.21. The van der Waals surface area contributed by atoms with Gasteiger partial charge in [-0.3, -0.25) is 0 Å². The van der Waals surface area contributed by atoms with Crippen LogP contribution in [-0.2, 0) is 0 Å². The van der Waals surface area contributed by atoms with Crippen LogP contribution in [0.5, 0.6) is 5.75 Å². The molecule has 0 radical (unpaired) electrons. The van der Waals surface area contributed by atoms with E-state index >= 15 is 0 Å². The average molecular weight is 198 g/mol. The lowest BCUT2D eigenvalue weighted by atomic mass is 10.1. The number of rotatable bonds is 3. The summed E-state index contributed by atoms with van der Waals surface area (Å²) in [5.74, 6) is -1.51. The second kappa shape index (κ2) is 4.09. The highest BCUT2D eigenvalue weighted by Gasteiger charge is 2.15. The van der Waals surface area contributed by atoms with Crippen LogP contribution < -0.4 is 4.74 Å². The Morgan fingerprint density at radius 3 is 2.71 bits per heavy atom. The summed E-state index contributed by atoms with van der Waals surface area (Å²) in [6.07, 6.45) is 0. The van der Waals surface area contributed by atoms with Gasteiger partial charge in [-0.2, -0.15) is 0 Å². The number of carbonyl (C=O) groups is 1. The molecular formula is C10H11FO3. The van der Waals surface area contributed by atoms with E-state index in [1.807, 2.05) is 0 Å². The number of carboxylic acid groups (broad SMARTS) is 1. The molecule has 76 valence electrons. The maximum Gasteiger partial charge on any atom is 0.339 e. The van der Waals surface area contributed by atoms with Crippen molar-refractivity contribution in [2.45, 2.75) is 13.8 Å². The fraction of sp³-hybridized carbons (Fsp3) is 0.300. The van der Waals surface area contributed by atoms with Gasteiger partial charge in [0.05, 0.1) is 6.61 Å². The second-order valence-corrected chi connectivity index (χ2v) is 2.84. The fourth-order valence-corrected chi connectivity index (χ4v) is 1.22. The number of aryl methyl sites for hydroxylation is 1. The summed E-state index contributed by atoms with van der Waals surface area (Å²) >= 11 is 0. The van der Waals surface area contributed by atoms with Crippen LogP contribution in [0.15, 0.2) is 12.1 Å². The Morgan fingerprint density at radius 1 is 1.57 bits per heavy atom. The molecule has 0 atom stereocenters. The van der Waals surface area contributed by atoms with Gasteiger partial charge in [0.15, 0.2) is 0 Å². The van der Waals surface area contributed by atoms with Gasteiger partial charge in [-0.25, -0.2) is 9.18 Å². The SMILES string of the molecule is CCOc1c(C)cc(F)cc1C(=O)O. The van der Waals surface area contributed by atoms with Gasteiger partial charge in [0.25, 0.3) is 0 Å². The molecule has 1 aromatic carbocycles. The van der Waals surface area contributed by atoms with E-state index in [2.05, 4.69) is 0 Å². The molecule has 1 aromatic rings. The van der Waals surface area contributed by atoms with Crippen molar-refractivity contribution in [3.05, 3.63) is 29.1 Å². The van der Waals surface area contributed by atoms with Crippen molar-refractivity contribution in [2.75, 3.05) is 6.61 Å². The fourth-order valence-electron chi connectivity index (χ4n) is 1.22. The zero-order chi connectivity index (χ0) is 10.7. The Bertz CT molecular complexity index is 361. The van der Waals surface area contributed by atoms with E-state index in [1.54, 1.807) is 13.8 Å². The monoisotopic (exact) mass is 198 g/mol. The van der Waals surface area contributed by atoms with Gasteiger partial charge < -0.3 is 9.84 Å². The predicted molar refractivity (Wildman–Crippen MR) is 49.3 cm³/mol. The van der Waals surface area contributed by atoms with Gasteiger partial charge in [0, 0.05) is 0 Å². The summed E-state index contributed by atoms with van der Waals surface area (Å²) in [5, 5.41) is 8.79. The number of ether oxygens (including phenoxy) is 1. The number of carboxylic acids is 1. The van der Waals surface area contributed by atoms with E-state index in [0.29, 0.717) is 12.2 Å². The molecular weight excluding hydrogens is 187 g/mol. The minimum atomic E-state index is -1.18. The van der Waals surface area contributed by atoms with Crippen molar-refractivity contribution in [3.8, 4) is 5.75 Å². The van der Waals surface area contributed by atoms with Crippen molar-refractivity contribution in [3.63, 3.8) is 0 Å². The second-order valence-electron chi connectivity index (χ2n) is 2.84. The topological polar surface area (TPSA) is 46.5 Å². The molecule has 0 aliphatic carbocycles. The van der Waals surface area contributed by atoms with Gasteiger partial charge in [-0.1, -0.05) is 0 Å². The van der Waals surface area contributed by atoms with Crippen molar-refractivity contribution < 1.29 is 19.0 Å². The first-order valence-corrected chi connectivity index (χ1v) is 4.22. The van der Waals surface area contributed by atoms with E-state index in [1.165, 1.54) is 6.07 Å². The first-order valence-electron chi connectivity index (χ1n) is 4.22. The maximum absolute atomic E-state index is 12.9. The summed E-state index contributed by atoms with van der Waals surface area (Å²) in [7, 11) is 0. The molecule has 0 saturated heterocycles. The van der Waals surface area contributed by atoms with Crippen LogP contribution in [0.4, 0.5) is 4.39 Å². The normalized spacial score (nSPS) is 9.93. The molecule has 3 nitrogen and oxygen atoms in total. The lowest BCUT2D eigenvalue weighted by Gasteiger charge is -2.10. The van der Waals surface area contributed by atoms with Crippen LogP contribution in [0.1, 0.15) is 22.8 Å². The molecule has 0 fully saturated rings. The van der Waals surface area contributed by atoms with Crippen LogP contribution in [0.25, 0.3) is 0 Å². The molecule has 0 heterocycles. The molecule has 0 aliphatic heterocycles. The maximum atomic E-state index is 12.9. The smallest absolute Gasteiger partial charge is 0.339 e. The predicted octanol–water partition coefficient (Wildman–Crippen LogP) is 2.23. The lowest BCUT2D eigenvalue weighted by molar-refractivity contribution is 0.0691. The highest BCUT2D eigenvalue weighted by Crippen LogP contribution is 2.24. The molecule has 14 heavy (non-hydrogen) atoms. The summed E-state index contributed by atoms with van der Waals surface area (Å²) in [6.45, 7) is 3.71. The van der Waals surface area contributed by atoms with E-state index in [-0.39, 0.29) is 11.3 Å². The third kappa shape index (κ3) is 2.02. The van der Waals surface area contributed by atoms with Gasteiger partial charge >= 0.3 is 5.97 Å². The van der Waals surface area contributed by atoms with Gasteiger partial charge in [-0.05, 0) is 31.5 Å². The number of hydrogen-bond donors (Lipinski definition) is 1. The highest BCUT2D eigenvalue weighted by atomic mass is 19.1. The number of halogens is 1. The van der Waals surface area contributed by atoms with Crippen LogP contribution in [0, 0.1) is 12.7 Å². The zero-order valence-corrected chi connectivity index (χ0v) is 8.00. The van der Waals surface area contributed by atoms with Crippen LogP contribution in [0.2, 0.25) is 0 Å². The largest absolute Gasteiger partial charge is 0.493 e. The standard InChI is InChI=1S/C10H11FO3/c1-3-14-9-6(2)4-7(11)5-8(9)10(12)13/h4-5H,3H2,1-2H3,(H,12,13). The quantitative estimate of drug-likeness (QED) is 0.810. The molecule has 0 spiro atoms. The number of hydrogen-bond acceptors (Lipinski definition) is 2. The Labute approximate surface area is 81.1 Å². The van der Waals surface area contributed by atoms with Crippen LogP contribution >= 0.6 is 0 Å². The van der Waals surface area contributed by atoms with Crippen molar-refractivity contribution in [1.82, 2.24) is 0 Å². The third-order valence-corrected chi connectivity index (χ3v) is 1.76. The molecule has 1 rings (SSSR count). The first-order chi connectivity index (χ1) is 6.56. The Kier molecular flexibility index (Phi) is 3.06. The van der Waals surface area contributed by atoms with Crippen molar-refractivity contribution in [2.24, 2.45) is 0 Å². The summed E-state index contributed by atoms with van der Waals surface area (Å²) < 4.78 is 18.0. The summed E-state index contributed by atoms with van der Waals surface area (Å²) in [4.78, 5) is 10.8. The Morgan fingerprint density at radius 2 is 2.21 bits per heavy atom. The van der Waals surface area contributed by atoms with Crippen LogP contribution in [-0.4, -0.2) is 17.7 Å². The van der Waals surface area contributed by atoms with Gasteiger partial charge in [-0.15, -0.1) is 0 Å². The van der Waals surface area contributed by atoms with Crippen molar-refractivity contribution >= 4 is 5.97 Å². The molecule has 0 unspecified atom stereocenters. The van der Waals surface area contributed by atoms with E-state index in [9.17, 15) is 9.18 Å². The first kappa shape index (κ1) is 10.5. The van der Waals surface area contributed by atoms with Gasteiger partial charge in [0.2, 0.25) is 0 Å². The summed E-state index contributed by atoms with van der Waals surface area (Å²) in [5.41, 5.74) is 0.355. The molecule has 0 bridgehead atoms. The minimum absolute atomic E-state index is 0.135. The molecule has 0 saturated carbocycles. The van der Waals surface area contributed by atoms with E-state index in [0.717, 1.165) is 6.07 Å². The average Bonchev–Trinajstić information content (AvgIpc) is 2.09. The van der Waals surface area contributed by atoms with E-state index < -0.39 is 11.8 Å². The van der Waals surface area contributed by atoms with Crippen LogP contribution in [0.3, 0.4) is 0 Å². The van der Waals surface area contributed by atoms with E-state index in [4.69, 9.17) is 9.84 Å². The molecule has 0 aromatic heterocycles. The molecule has 0 aliphatic rings. The molecule has 4 heteroatoms. The lowest BCUT2D eigenvalue weighted by Crippen LogP contribution is -2.05. The Balaban J connectivity index is 3.28. The third-order valence-electron chi connectivity index (χ3n) is 1.76. The molecule has 1 N–H and O–H groups in total. The molecule has 0 amide bonds. The highest BCUT2D eigenvalue weighted by molar-refractivity contribution is 5.91. The Hall–Kier alpha value is -1.58. The minimum Gasteiger partial charge on any atom is -0.493 e.